The zero-order chi connectivity index (χ0) is 19.9. The highest BCUT2D eigenvalue weighted by molar-refractivity contribution is 7.80. The molecule has 146 valence electrons. The van der Waals surface area contributed by atoms with Crippen molar-refractivity contribution in [3.8, 4) is 5.75 Å². The highest BCUT2D eigenvalue weighted by Gasteiger charge is 2.10. The molecule has 1 heterocycles. The Morgan fingerprint density at radius 1 is 1.25 bits per heavy atom. The molecule has 6 heteroatoms. The van der Waals surface area contributed by atoms with Crippen LogP contribution in [0.25, 0.3) is 10.9 Å². The van der Waals surface area contributed by atoms with E-state index in [4.69, 9.17) is 22.7 Å². The molecule has 3 rings (SSSR count). The Labute approximate surface area is 171 Å². The molecule has 0 aliphatic rings. The number of thiocarbonyl (C=S) groups is 1. The number of hydrogen-bond donors (Lipinski definition) is 2. The monoisotopic (exact) mass is 394 g/mol. The van der Waals surface area contributed by atoms with Crippen LogP contribution in [-0.2, 0) is 6.54 Å². The van der Waals surface area contributed by atoms with Crippen molar-refractivity contribution >= 4 is 34.4 Å². The van der Waals surface area contributed by atoms with Gasteiger partial charge in [-0.05, 0) is 42.3 Å². The van der Waals surface area contributed by atoms with Gasteiger partial charge in [-0.1, -0.05) is 50.2 Å². The summed E-state index contributed by atoms with van der Waals surface area (Å²) in [5, 5.41) is 5.35. The third-order valence-electron chi connectivity index (χ3n) is 4.85. The number of para-hydroxylation sites is 2. The zero-order valence-electron chi connectivity index (χ0n) is 16.3. The van der Waals surface area contributed by atoms with Crippen molar-refractivity contribution in [2.75, 3.05) is 6.61 Å². The van der Waals surface area contributed by atoms with Gasteiger partial charge in [-0.2, -0.15) is 5.10 Å². The molecule has 28 heavy (non-hydrogen) atoms. The first-order chi connectivity index (χ1) is 13.6. The molecular formula is C22H26N4OS. The van der Waals surface area contributed by atoms with Crippen LogP contribution in [0.4, 0.5) is 0 Å². The molecule has 1 atom stereocenters. The maximum atomic E-state index is 6.13. The standard InChI is InChI=1S/C22H26N4OS/c1-3-16(2)18-8-5-7-11-21(18)27-13-12-26-15-17(14-24-25-22(23)28)19-9-4-6-10-20(19)26/h4-11,14-16H,3,12-13H2,1-2H3,(H3,23,25,28)/b24-14+. The zero-order valence-corrected chi connectivity index (χ0v) is 17.1. The quantitative estimate of drug-likeness (QED) is 0.338. The van der Waals surface area contributed by atoms with Crippen LogP contribution >= 0.6 is 12.2 Å². The van der Waals surface area contributed by atoms with Gasteiger partial charge < -0.3 is 15.0 Å². The Morgan fingerprint density at radius 2 is 2.00 bits per heavy atom. The van der Waals surface area contributed by atoms with E-state index in [9.17, 15) is 0 Å². The van der Waals surface area contributed by atoms with E-state index in [0.29, 0.717) is 12.5 Å². The Kier molecular flexibility index (Phi) is 6.66. The SMILES string of the molecule is CCC(C)c1ccccc1OCCn1cc(/C=N/NC(N)=S)c2ccccc21. The second-order valence-corrected chi connectivity index (χ2v) is 7.16. The Balaban J connectivity index is 1.75. The maximum absolute atomic E-state index is 6.13. The lowest BCUT2D eigenvalue weighted by Gasteiger charge is -2.16. The van der Waals surface area contributed by atoms with Crippen LogP contribution in [0.1, 0.15) is 37.3 Å². The van der Waals surface area contributed by atoms with Gasteiger partial charge in [0.1, 0.15) is 12.4 Å². The summed E-state index contributed by atoms with van der Waals surface area (Å²) in [7, 11) is 0. The van der Waals surface area contributed by atoms with Crippen molar-refractivity contribution in [3.63, 3.8) is 0 Å². The summed E-state index contributed by atoms with van der Waals surface area (Å²) >= 11 is 4.78. The van der Waals surface area contributed by atoms with Crippen molar-refractivity contribution in [1.82, 2.24) is 9.99 Å². The van der Waals surface area contributed by atoms with E-state index < -0.39 is 0 Å². The first-order valence-electron chi connectivity index (χ1n) is 9.48. The van der Waals surface area contributed by atoms with Crippen molar-refractivity contribution in [2.24, 2.45) is 10.8 Å². The smallest absolute Gasteiger partial charge is 0.184 e. The molecule has 0 aliphatic carbocycles. The molecule has 1 unspecified atom stereocenters. The molecule has 0 aliphatic heterocycles. The minimum Gasteiger partial charge on any atom is -0.491 e. The van der Waals surface area contributed by atoms with E-state index in [1.807, 2.05) is 18.2 Å². The van der Waals surface area contributed by atoms with E-state index in [1.54, 1.807) is 6.21 Å². The summed E-state index contributed by atoms with van der Waals surface area (Å²) in [4.78, 5) is 0. The summed E-state index contributed by atoms with van der Waals surface area (Å²) in [6.45, 7) is 5.76. The summed E-state index contributed by atoms with van der Waals surface area (Å²) in [6, 6.07) is 16.5. The number of ether oxygens (including phenoxy) is 1. The van der Waals surface area contributed by atoms with Gasteiger partial charge in [-0.15, -0.1) is 0 Å². The lowest BCUT2D eigenvalue weighted by atomic mass is 9.98. The van der Waals surface area contributed by atoms with Crippen LogP contribution < -0.4 is 15.9 Å². The van der Waals surface area contributed by atoms with Crippen LogP contribution in [0.2, 0.25) is 0 Å². The molecule has 0 radical (unpaired) electrons. The van der Waals surface area contributed by atoms with Crippen LogP contribution in [0.5, 0.6) is 5.75 Å². The molecule has 0 fully saturated rings. The first-order valence-corrected chi connectivity index (χ1v) is 9.89. The minimum absolute atomic E-state index is 0.147. The number of rotatable bonds is 8. The summed E-state index contributed by atoms with van der Waals surface area (Å²) in [5.41, 5.74) is 11.4. The third-order valence-corrected chi connectivity index (χ3v) is 4.94. The average Bonchev–Trinajstić information content (AvgIpc) is 3.05. The van der Waals surface area contributed by atoms with Gasteiger partial charge in [0.05, 0.1) is 12.8 Å². The Hall–Kier alpha value is -2.86. The molecule has 0 amide bonds. The van der Waals surface area contributed by atoms with Crippen molar-refractivity contribution < 1.29 is 4.74 Å². The number of nitrogens with zero attached hydrogens (tertiary/aromatic N) is 2. The second-order valence-electron chi connectivity index (χ2n) is 6.72. The molecule has 0 bridgehead atoms. The fourth-order valence-electron chi connectivity index (χ4n) is 3.22. The lowest BCUT2D eigenvalue weighted by molar-refractivity contribution is 0.296. The minimum atomic E-state index is 0.147. The molecule has 5 nitrogen and oxygen atoms in total. The van der Waals surface area contributed by atoms with Crippen LogP contribution in [0, 0.1) is 0 Å². The molecule has 0 saturated heterocycles. The second kappa shape index (κ2) is 9.37. The summed E-state index contributed by atoms with van der Waals surface area (Å²) in [5.74, 6) is 1.45. The molecular weight excluding hydrogens is 368 g/mol. The highest BCUT2D eigenvalue weighted by Crippen LogP contribution is 2.28. The molecule has 0 spiro atoms. The van der Waals surface area contributed by atoms with Gasteiger partial charge in [0.2, 0.25) is 0 Å². The number of nitrogens with one attached hydrogen (secondary N) is 1. The fraction of sp³-hybridized carbons (Fsp3) is 0.273. The van der Waals surface area contributed by atoms with Crippen molar-refractivity contribution in [1.29, 1.82) is 0 Å². The van der Waals surface area contributed by atoms with Gasteiger partial charge >= 0.3 is 0 Å². The predicted molar refractivity (Wildman–Crippen MR) is 120 cm³/mol. The number of fused-ring (bicyclic) bond motifs is 1. The number of hydrazone groups is 1. The van der Waals surface area contributed by atoms with E-state index in [-0.39, 0.29) is 5.11 Å². The Morgan fingerprint density at radius 3 is 2.79 bits per heavy atom. The maximum Gasteiger partial charge on any atom is 0.184 e. The number of nitrogens with two attached hydrogens (primary N) is 1. The van der Waals surface area contributed by atoms with Crippen molar-refractivity contribution in [3.05, 3.63) is 65.9 Å². The topological polar surface area (TPSA) is 64.6 Å². The molecule has 3 N–H and O–H groups in total. The van der Waals surface area contributed by atoms with Gasteiger partial charge in [0, 0.05) is 22.7 Å². The van der Waals surface area contributed by atoms with E-state index >= 15 is 0 Å². The van der Waals surface area contributed by atoms with Gasteiger partial charge in [-0.25, -0.2) is 0 Å². The first kappa shape index (κ1) is 19.9. The summed E-state index contributed by atoms with van der Waals surface area (Å²) < 4.78 is 8.32. The predicted octanol–water partition coefficient (Wildman–Crippen LogP) is 4.40. The number of aromatic nitrogens is 1. The highest BCUT2D eigenvalue weighted by atomic mass is 32.1. The normalized spacial score (nSPS) is 12.4. The largest absolute Gasteiger partial charge is 0.491 e. The molecule has 3 aromatic rings. The van der Waals surface area contributed by atoms with Crippen LogP contribution in [0.3, 0.4) is 0 Å². The number of hydrogen-bond acceptors (Lipinski definition) is 3. The van der Waals surface area contributed by atoms with Gasteiger partial charge in [0.15, 0.2) is 5.11 Å². The number of benzene rings is 2. The average molecular weight is 395 g/mol. The van der Waals surface area contributed by atoms with Gasteiger partial charge in [-0.3, -0.25) is 5.43 Å². The van der Waals surface area contributed by atoms with Crippen LogP contribution in [0.15, 0.2) is 59.8 Å². The van der Waals surface area contributed by atoms with Crippen LogP contribution in [-0.4, -0.2) is 22.5 Å². The van der Waals surface area contributed by atoms with Gasteiger partial charge in [0.25, 0.3) is 0 Å². The molecule has 2 aromatic carbocycles. The van der Waals surface area contributed by atoms with E-state index in [0.717, 1.165) is 35.2 Å². The lowest BCUT2D eigenvalue weighted by Crippen LogP contribution is -2.23. The van der Waals surface area contributed by atoms with E-state index in [1.165, 1.54) is 5.56 Å². The third kappa shape index (κ3) is 4.70. The molecule has 1 aromatic heterocycles. The molecule has 0 saturated carbocycles. The fourth-order valence-corrected chi connectivity index (χ4v) is 3.27. The van der Waals surface area contributed by atoms with E-state index in [2.05, 4.69) is 65.5 Å². The van der Waals surface area contributed by atoms with Crippen molar-refractivity contribution in [2.45, 2.75) is 32.7 Å². The Bertz CT molecular complexity index is 980. The summed E-state index contributed by atoms with van der Waals surface area (Å²) in [6.07, 6.45) is 4.89.